The fourth-order valence-corrected chi connectivity index (χ4v) is 7.25. The SMILES string of the molecule is COc1nc(-c2ccnc(-c3cccc4c3CCC[C@@H]4Nc3nc(OC)c(CNCC(C)O)cc3C(F)(F)F)c2Cl)ccc1CNC[C@H]1CCC(=O)N1. The van der Waals surface area contributed by atoms with Crippen LogP contribution in [0.25, 0.3) is 22.5 Å². The molecule has 5 N–H and O–H groups in total. The van der Waals surface area contributed by atoms with Gasteiger partial charge in [0, 0.05) is 67.1 Å². The zero-order valence-electron chi connectivity index (χ0n) is 29.7. The summed E-state index contributed by atoms with van der Waals surface area (Å²) in [6.45, 7) is 2.96. The third kappa shape index (κ3) is 8.84. The average Bonchev–Trinajstić information content (AvgIpc) is 3.56. The van der Waals surface area contributed by atoms with Crippen LogP contribution in [0, 0.1) is 0 Å². The maximum absolute atomic E-state index is 14.4. The zero-order valence-corrected chi connectivity index (χ0v) is 30.5. The van der Waals surface area contributed by atoms with Gasteiger partial charge in [0.2, 0.25) is 17.7 Å². The van der Waals surface area contributed by atoms with E-state index in [-0.39, 0.29) is 42.3 Å². The van der Waals surface area contributed by atoms with E-state index in [2.05, 4.69) is 31.2 Å². The molecule has 0 spiro atoms. The standard InChI is InChI=1S/C38H43ClF3N7O4/c1-21(50)17-43-19-23-16-29(38(40,41)42)35(49-37(23)53-3)47-30-9-5-6-25-26(30)7-4-8-27(25)34-33(39)28(14-15-45-34)31-12-10-22(36(48-31)52-2)18-44-20-24-11-13-32(51)46-24/h4,7-8,10,12,14-16,21,24,30,43-44,50H,5-6,9,11,13,17-20H2,1-3H3,(H,46,51)(H,47,49)/t21?,24-,30+/m1/s1. The third-order valence-electron chi connectivity index (χ3n) is 9.48. The fourth-order valence-electron chi connectivity index (χ4n) is 6.94. The number of rotatable bonds is 14. The van der Waals surface area contributed by atoms with Gasteiger partial charge in [-0.3, -0.25) is 9.78 Å². The highest BCUT2D eigenvalue weighted by atomic mass is 35.5. The van der Waals surface area contributed by atoms with Crippen LogP contribution >= 0.6 is 11.6 Å². The molecule has 11 nitrogen and oxygen atoms in total. The molecule has 6 rings (SSSR count). The van der Waals surface area contributed by atoms with Crippen molar-refractivity contribution in [3.05, 3.63) is 81.5 Å². The quantitative estimate of drug-likeness (QED) is 0.101. The highest BCUT2D eigenvalue weighted by Crippen LogP contribution is 2.43. The number of aliphatic hydroxyl groups is 1. The second kappa shape index (κ2) is 16.7. The molecule has 1 aliphatic heterocycles. The van der Waals surface area contributed by atoms with Crippen LogP contribution < -0.4 is 30.7 Å². The lowest BCUT2D eigenvalue weighted by Crippen LogP contribution is -2.35. The van der Waals surface area contributed by atoms with Crippen molar-refractivity contribution < 1.29 is 32.5 Å². The first kappa shape index (κ1) is 38.2. The number of hydrogen-bond donors (Lipinski definition) is 5. The molecule has 3 aromatic heterocycles. The molecule has 282 valence electrons. The first-order chi connectivity index (χ1) is 25.5. The Balaban J connectivity index is 1.27. The predicted octanol–water partition coefficient (Wildman–Crippen LogP) is 6.22. The summed E-state index contributed by atoms with van der Waals surface area (Å²) in [5.74, 6) is 0.252. The van der Waals surface area contributed by atoms with E-state index in [1.807, 2.05) is 30.3 Å². The number of benzene rings is 1. The number of anilines is 1. The number of nitrogens with one attached hydrogen (secondary N) is 4. The molecule has 4 heterocycles. The summed E-state index contributed by atoms with van der Waals surface area (Å²) in [6, 6.07) is 11.9. The zero-order chi connectivity index (χ0) is 37.7. The van der Waals surface area contributed by atoms with Crippen molar-refractivity contribution in [1.29, 1.82) is 0 Å². The molecule has 15 heteroatoms. The van der Waals surface area contributed by atoms with Crippen LogP contribution in [-0.4, -0.2) is 65.4 Å². The van der Waals surface area contributed by atoms with Crippen LogP contribution in [0.1, 0.15) is 66.5 Å². The van der Waals surface area contributed by atoms with Crippen molar-refractivity contribution in [2.45, 2.75) is 76.5 Å². The lowest BCUT2D eigenvalue weighted by molar-refractivity contribution is -0.137. The van der Waals surface area contributed by atoms with Gasteiger partial charge in [0.25, 0.3) is 0 Å². The summed E-state index contributed by atoms with van der Waals surface area (Å²) in [5, 5.41) is 22.3. The number of amides is 1. The molecule has 3 atom stereocenters. The number of carbonyl (C=O) groups excluding carboxylic acids is 1. The van der Waals surface area contributed by atoms with Crippen molar-refractivity contribution in [2.75, 3.05) is 32.6 Å². The molecule has 1 saturated heterocycles. The summed E-state index contributed by atoms with van der Waals surface area (Å²) < 4.78 is 54.3. The number of ether oxygens (including phenoxy) is 2. The van der Waals surface area contributed by atoms with Crippen LogP contribution in [0.2, 0.25) is 5.02 Å². The largest absolute Gasteiger partial charge is 0.481 e. The van der Waals surface area contributed by atoms with Gasteiger partial charge in [-0.1, -0.05) is 35.9 Å². The second-order valence-corrected chi connectivity index (χ2v) is 13.7. The molecule has 1 unspecified atom stereocenters. The van der Waals surface area contributed by atoms with Gasteiger partial charge in [0.05, 0.1) is 48.3 Å². The molecule has 0 saturated carbocycles. The van der Waals surface area contributed by atoms with E-state index in [9.17, 15) is 23.1 Å². The van der Waals surface area contributed by atoms with Gasteiger partial charge in [0.15, 0.2) is 0 Å². The van der Waals surface area contributed by atoms with Crippen LogP contribution in [0.5, 0.6) is 11.8 Å². The van der Waals surface area contributed by atoms with E-state index in [4.69, 9.17) is 26.1 Å². The van der Waals surface area contributed by atoms with E-state index >= 15 is 0 Å². The van der Waals surface area contributed by atoms with Gasteiger partial charge in [-0.25, -0.2) is 4.98 Å². The third-order valence-corrected chi connectivity index (χ3v) is 9.86. The summed E-state index contributed by atoms with van der Waals surface area (Å²) >= 11 is 7.09. The van der Waals surface area contributed by atoms with Crippen molar-refractivity contribution in [1.82, 2.24) is 30.9 Å². The predicted molar refractivity (Wildman–Crippen MR) is 196 cm³/mol. The maximum atomic E-state index is 14.4. The summed E-state index contributed by atoms with van der Waals surface area (Å²) in [6.07, 6.45) is -0.373. The number of pyridine rings is 3. The Hall–Kier alpha value is -4.50. The number of alkyl halides is 3. The van der Waals surface area contributed by atoms with E-state index < -0.39 is 23.9 Å². The number of aromatic nitrogens is 3. The highest BCUT2D eigenvalue weighted by molar-refractivity contribution is 6.35. The Morgan fingerprint density at radius 3 is 2.49 bits per heavy atom. The number of carbonyl (C=O) groups is 1. The molecule has 1 aromatic carbocycles. The van der Waals surface area contributed by atoms with Gasteiger partial charge in [-0.15, -0.1) is 0 Å². The van der Waals surface area contributed by atoms with Crippen molar-refractivity contribution >= 4 is 23.3 Å². The van der Waals surface area contributed by atoms with Crippen molar-refractivity contribution in [3.63, 3.8) is 0 Å². The van der Waals surface area contributed by atoms with Crippen LogP contribution in [0.4, 0.5) is 19.0 Å². The number of halogens is 4. The minimum Gasteiger partial charge on any atom is -0.481 e. The Labute approximate surface area is 311 Å². The lowest BCUT2D eigenvalue weighted by Gasteiger charge is -2.30. The first-order valence-electron chi connectivity index (χ1n) is 17.6. The first-order valence-corrected chi connectivity index (χ1v) is 18.0. The van der Waals surface area contributed by atoms with Gasteiger partial charge in [0.1, 0.15) is 5.82 Å². The normalized spacial score (nSPS) is 17.6. The van der Waals surface area contributed by atoms with Crippen molar-refractivity contribution in [2.24, 2.45) is 0 Å². The minimum atomic E-state index is -4.68. The Kier molecular flexibility index (Phi) is 12.0. The van der Waals surface area contributed by atoms with Crippen molar-refractivity contribution in [3.8, 4) is 34.3 Å². The molecule has 2 aliphatic rings. The number of methoxy groups -OCH3 is 2. The molecular formula is C38H43ClF3N7O4. The molecule has 1 aliphatic carbocycles. The van der Waals surface area contributed by atoms with Gasteiger partial charge in [-0.05, 0) is 61.9 Å². The molecule has 0 bridgehead atoms. The Bertz CT molecular complexity index is 1940. The summed E-state index contributed by atoms with van der Waals surface area (Å²) in [5.41, 5.74) is 4.52. The van der Waals surface area contributed by atoms with Crippen LogP contribution in [0.3, 0.4) is 0 Å². The molecular weight excluding hydrogens is 711 g/mol. The molecule has 1 amide bonds. The second-order valence-electron chi connectivity index (χ2n) is 13.3. The van der Waals surface area contributed by atoms with E-state index in [1.54, 1.807) is 26.3 Å². The van der Waals surface area contributed by atoms with Gasteiger partial charge >= 0.3 is 6.18 Å². The number of nitrogens with zero attached hydrogens (tertiary/aromatic N) is 3. The number of hydrogen-bond acceptors (Lipinski definition) is 10. The molecule has 0 radical (unpaired) electrons. The maximum Gasteiger partial charge on any atom is 0.419 e. The molecule has 4 aromatic rings. The topological polar surface area (TPSA) is 143 Å². The Morgan fingerprint density at radius 1 is 1.00 bits per heavy atom. The smallest absolute Gasteiger partial charge is 0.419 e. The monoisotopic (exact) mass is 753 g/mol. The average molecular weight is 754 g/mol. The molecule has 1 fully saturated rings. The van der Waals surface area contributed by atoms with E-state index in [0.29, 0.717) is 66.6 Å². The fraction of sp³-hybridized carbons (Fsp3) is 0.421. The van der Waals surface area contributed by atoms with Crippen LogP contribution in [-0.2, 0) is 30.5 Å². The summed E-state index contributed by atoms with van der Waals surface area (Å²) in [7, 11) is 2.92. The van der Waals surface area contributed by atoms with Gasteiger partial charge < -0.3 is 35.8 Å². The highest BCUT2D eigenvalue weighted by Gasteiger charge is 2.37. The van der Waals surface area contributed by atoms with E-state index in [1.165, 1.54) is 7.11 Å². The van der Waals surface area contributed by atoms with E-state index in [0.717, 1.165) is 34.7 Å². The minimum absolute atomic E-state index is 0.0406. The Morgan fingerprint density at radius 2 is 1.77 bits per heavy atom. The van der Waals surface area contributed by atoms with Crippen LogP contribution in [0.15, 0.2) is 48.7 Å². The molecule has 53 heavy (non-hydrogen) atoms. The lowest BCUT2D eigenvalue weighted by atomic mass is 9.83. The van der Waals surface area contributed by atoms with Gasteiger partial charge in [-0.2, -0.15) is 18.2 Å². The summed E-state index contributed by atoms with van der Waals surface area (Å²) in [4.78, 5) is 25.2. The number of fused-ring (bicyclic) bond motifs is 1. The number of aliphatic hydroxyl groups excluding tert-OH is 1.